The number of nitrogens with one attached hydrogen (secondary N) is 1. The van der Waals surface area contributed by atoms with E-state index in [-0.39, 0.29) is 6.04 Å². The fourth-order valence-electron chi connectivity index (χ4n) is 1.32. The topological polar surface area (TPSA) is 29.9 Å². The highest BCUT2D eigenvalue weighted by atomic mass is 19.4. The Labute approximate surface area is 86.3 Å². The fourth-order valence-corrected chi connectivity index (χ4v) is 1.32. The molecule has 1 aromatic heterocycles. The van der Waals surface area contributed by atoms with Crippen LogP contribution in [0, 0.1) is 0 Å². The molecule has 0 aliphatic rings. The molecular formula is C9H14F3N3. The first kappa shape index (κ1) is 12.0. The van der Waals surface area contributed by atoms with Crippen LogP contribution in [0.15, 0.2) is 6.07 Å². The number of alkyl halides is 3. The lowest BCUT2D eigenvalue weighted by molar-refractivity contribution is -0.144. The number of hydrogen-bond donors (Lipinski definition) is 1. The molecule has 86 valence electrons. The van der Waals surface area contributed by atoms with Crippen LogP contribution in [0.2, 0.25) is 0 Å². The third-order valence-corrected chi connectivity index (χ3v) is 1.92. The van der Waals surface area contributed by atoms with Gasteiger partial charge < -0.3 is 5.32 Å². The van der Waals surface area contributed by atoms with E-state index in [1.807, 2.05) is 0 Å². The van der Waals surface area contributed by atoms with Crippen LogP contribution >= 0.6 is 0 Å². The molecule has 1 rings (SSSR count). The van der Waals surface area contributed by atoms with Crippen molar-refractivity contribution < 1.29 is 13.2 Å². The molecule has 1 heterocycles. The molecule has 15 heavy (non-hydrogen) atoms. The molecule has 0 unspecified atom stereocenters. The SMILES string of the molecule is CNCc1cc(C(F)(F)F)n(C(C)C)n1. The van der Waals surface area contributed by atoms with Crippen LogP contribution in [-0.4, -0.2) is 16.8 Å². The lowest BCUT2D eigenvalue weighted by atomic mass is 10.3. The van der Waals surface area contributed by atoms with Gasteiger partial charge in [-0.2, -0.15) is 18.3 Å². The van der Waals surface area contributed by atoms with Gasteiger partial charge in [-0.3, -0.25) is 4.68 Å². The summed E-state index contributed by atoms with van der Waals surface area (Å²) >= 11 is 0. The fraction of sp³-hybridized carbons (Fsp3) is 0.667. The number of rotatable bonds is 3. The Morgan fingerprint density at radius 3 is 2.40 bits per heavy atom. The number of nitrogens with zero attached hydrogens (tertiary/aromatic N) is 2. The zero-order valence-electron chi connectivity index (χ0n) is 8.89. The molecule has 1 N–H and O–H groups in total. The van der Waals surface area contributed by atoms with E-state index in [4.69, 9.17) is 0 Å². The van der Waals surface area contributed by atoms with Gasteiger partial charge in [0.15, 0.2) is 0 Å². The molecule has 0 aliphatic heterocycles. The van der Waals surface area contributed by atoms with E-state index in [9.17, 15) is 13.2 Å². The number of hydrogen-bond acceptors (Lipinski definition) is 2. The molecule has 1 aromatic rings. The molecule has 0 aliphatic carbocycles. The van der Waals surface area contributed by atoms with E-state index in [0.717, 1.165) is 10.7 Å². The number of aromatic nitrogens is 2. The van der Waals surface area contributed by atoms with E-state index >= 15 is 0 Å². The van der Waals surface area contributed by atoms with Crippen LogP contribution in [0.3, 0.4) is 0 Å². The highest BCUT2D eigenvalue weighted by Crippen LogP contribution is 2.31. The molecular weight excluding hydrogens is 207 g/mol. The van der Waals surface area contributed by atoms with E-state index in [1.165, 1.54) is 0 Å². The van der Waals surface area contributed by atoms with Crippen molar-refractivity contribution in [1.29, 1.82) is 0 Å². The third kappa shape index (κ3) is 2.71. The maximum Gasteiger partial charge on any atom is 0.433 e. The first-order chi connectivity index (χ1) is 6.86. The van der Waals surface area contributed by atoms with Gasteiger partial charge in [0, 0.05) is 12.6 Å². The highest BCUT2D eigenvalue weighted by Gasteiger charge is 2.36. The zero-order chi connectivity index (χ0) is 11.6. The lowest BCUT2D eigenvalue weighted by Crippen LogP contribution is -2.16. The normalized spacial score (nSPS) is 12.5. The van der Waals surface area contributed by atoms with Crippen LogP contribution < -0.4 is 5.32 Å². The molecule has 0 spiro atoms. The van der Waals surface area contributed by atoms with Gasteiger partial charge in [-0.1, -0.05) is 0 Å². The summed E-state index contributed by atoms with van der Waals surface area (Å²) in [6.07, 6.45) is -4.34. The quantitative estimate of drug-likeness (QED) is 0.848. The van der Waals surface area contributed by atoms with Crippen LogP contribution in [0.25, 0.3) is 0 Å². The molecule has 0 radical (unpaired) electrons. The molecule has 0 saturated heterocycles. The minimum absolute atomic E-state index is 0.299. The van der Waals surface area contributed by atoms with Crippen LogP contribution in [0.4, 0.5) is 13.2 Å². The second-order valence-electron chi connectivity index (χ2n) is 3.59. The average Bonchev–Trinajstić information content (AvgIpc) is 2.48. The molecule has 6 heteroatoms. The molecule has 3 nitrogen and oxygen atoms in total. The van der Waals surface area contributed by atoms with Gasteiger partial charge in [-0.25, -0.2) is 0 Å². The van der Waals surface area contributed by atoms with Crippen molar-refractivity contribution in [3.05, 3.63) is 17.5 Å². The number of halogens is 3. The van der Waals surface area contributed by atoms with Crippen molar-refractivity contribution in [2.75, 3.05) is 7.05 Å². The van der Waals surface area contributed by atoms with Crippen molar-refractivity contribution >= 4 is 0 Å². The largest absolute Gasteiger partial charge is 0.433 e. The van der Waals surface area contributed by atoms with Crippen LogP contribution in [0.5, 0.6) is 0 Å². The summed E-state index contributed by atoms with van der Waals surface area (Å²) in [5, 5.41) is 6.67. The molecule has 0 bridgehead atoms. The smallest absolute Gasteiger partial charge is 0.314 e. The van der Waals surface area contributed by atoms with Gasteiger partial charge in [-0.05, 0) is 27.0 Å². The summed E-state index contributed by atoms with van der Waals surface area (Å²) < 4.78 is 38.7. The van der Waals surface area contributed by atoms with E-state index in [0.29, 0.717) is 12.2 Å². The predicted molar refractivity (Wildman–Crippen MR) is 50.4 cm³/mol. The van der Waals surface area contributed by atoms with Gasteiger partial charge in [-0.15, -0.1) is 0 Å². The first-order valence-corrected chi connectivity index (χ1v) is 4.66. The Kier molecular flexibility index (Phi) is 3.38. The van der Waals surface area contributed by atoms with Crippen LogP contribution in [-0.2, 0) is 12.7 Å². The minimum Gasteiger partial charge on any atom is -0.314 e. The van der Waals surface area contributed by atoms with Gasteiger partial charge >= 0.3 is 6.18 Å². The average molecular weight is 221 g/mol. The Morgan fingerprint density at radius 1 is 1.47 bits per heavy atom. The van der Waals surface area contributed by atoms with Crippen molar-refractivity contribution in [2.24, 2.45) is 0 Å². The second kappa shape index (κ2) is 4.22. The summed E-state index contributed by atoms with van der Waals surface area (Å²) in [7, 11) is 1.67. The maximum absolute atomic E-state index is 12.6. The van der Waals surface area contributed by atoms with Gasteiger partial charge in [0.05, 0.1) is 5.69 Å². The van der Waals surface area contributed by atoms with Crippen molar-refractivity contribution in [3.63, 3.8) is 0 Å². The Hall–Kier alpha value is -1.04. The monoisotopic (exact) mass is 221 g/mol. The minimum atomic E-state index is -4.34. The Bertz CT molecular complexity index is 328. The standard InChI is InChI=1S/C9H14F3N3/c1-6(2)15-8(9(10,11)12)4-7(14-15)5-13-3/h4,6,13H,5H2,1-3H3. The van der Waals surface area contributed by atoms with Crippen molar-refractivity contribution in [1.82, 2.24) is 15.1 Å². The third-order valence-electron chi connectivity index (χ3n) is 1.92. The highest BCUT2D eigenvalue weighted by molar-refractivity contribution is 5.14. The molecule has 0 saturated carbocycles. The van der Waals surface area contributed by atoms with Gasteiger partial charge in [0.2, 0.25) is 0 Å². The van der Waals surface area contributed by atoms with E-state index < -0.39 is 11.9 Å². The van der Waals surface area contributed by atoms with Crippen molar-refractivity contribution in [3.8, 4) is 0 Å². The maximum atomic E-state index is 12.6. The van der Waals surface area contributed by atoms with Crippen molar-refractivity contribution in [2.45, 2.75) is 32.6 Å². The van der Waals surface area contributed by atoms with Gasteiger partial charge in [0.1, 0.15) is 5.69 Å². The Morgan fingerprint density at radius 2 is 2.07 bits per heavy atom. The Balaban J connectivity index is 3.12. The van der Waals surface area contributed by atoms with E-state index in [1.54, 1.807) is 20.9 Å². The van der Waals surface area contributed by atoms with E-state index in [2.05, 4.69) is 10.4 Å². The lowest BCUT2D eigenvalue weighted by Gasteiger charge is -2.12. The summed E-state index contributed by atoms with van der Waals surface area (Å²) in [5.41, 5.74) is -0.290. The summed E-state index contributed by atoms with van der Waals surface area (Å²) in [6.45, 7) is 3.68. The molecule has 0 atom stereocenters. The molecule has 0 aromatic carbocycles. The molecule has 0 fully saturated rings. The second-order valence-corrected chi connectivity index (χ2v) is 3.59. The summed E-state index contributed by atoms with van der Waals surface area (Å²) in [4.78, 5) is 0. The van der Waals surface area contributed by atoms with Gasteiger partial charge in [0.25, 0.3) is 0 Å². The summed E-state index contributed by atoms with van der Waals surface area (Å²) in [6, 6.07) is 0.781. The zero-order valence-corrected chi connectivity index (χ0v) is 8.89. The first-order valence-electron chi connectivity index (χ1n) is 4.66. The predicted octanol–water partition coefficient (Wildman–Crippen LogP) is 2.20. The molecule has 0 amide bonds. The van der Waals surface area contributed by atoms with Crippen LogP contribution in [0.1, 0.15) is 31.3 Å². The summed E-state index contributed by atoms with van der Waals surface area (Å²) in [5.74, 6) is 0.